The summed E-state index contributed by atoms with van der Waals surface area (Å²) in [7, 11) is 0. The molecule has 1 fully saturated rings. The lowest BCUT2D eigenvalue weighted by Gasteiger charge is -2.38. The summed E-state index contributed by atoms with van der Waals surface area (Å²) in [6, 6.07) is 12.5. The van der Waals surface area contributed by atoms with E-state index in [4.69, 9.17) is 0 Å². The molecule has 0 N–H and O–H groups in total. The first-order chi connectivity index (χ1) is 11.4. The van der Waals surface area contributed by atoms with Gasteiger partial charge in [0, 0.05) is 37.3 Å². The Morgan fingerprint density at radius 1 is 1.12 bits per heavy atom. The third-order valence-corrected chi connectivity index (χ3v) is 4.96. The molecule has 1 aromatic carbocycles. The number of allylic oxidation sites excluding steroid dienone is 1. The van der Waals surface area contributed by atoms with Crippen molar-refractivity contribution in [1.82, 2.24) is 4.90 Å². The SMILES string of the molecule is CSC(=C(C#N)C(=O)C(C)(C)C)N1CCN(c2ccccc2)CC1. The molecule has 24 heavy (non-hydrogen) atoms. The van der Waals surface area contributed by atoms with Crippen molar-refractivity contribution >= 4 is 23.2 Å². The van der Waals surface area contributed by atoms with Crippen LogP contribution in [0.1, 0.15) is 20.8 Å². The van der Waals surface area contributed by atoms with Crippen LogP contribution in [-0.4, -0.2) is 43.1 Å². The second-order valence-electron chi connectivity index (χ2n) is 6.88. The number of thioether (sulfide) groups is 1. The Labute approximate surface area is 149 Å². The lowest BCUT2D eigenvalue weighted by molar-refractivity contribution is -0.122. The molecular formula is C19H25N3OS. The summed E-state index contributed by atoms with van der Waals surface area (Å²) in [4.78, 5) is 17.1. The summed E-state index contributed by atoms with van der Waals surface area (Å²) in [5, 5.41) is 10.4. The fourth-order valence-electron chi connectivity index (χ4n) is 2.77. The summed E-state index contributed by atoms with van der Waals surface area (Å²) in [5.74, 6) is -0.0835. The van der Waals surface area contributed by atoms with Crippen molar-refractivity contribution < 1.29 is 4.79 Å². The van der Waals surface area contributed by atoms with Crippen molar-refractivity contribution in [3.8, 4) is 6.07 Å². The maximum absolute atomic E-state index is 12.6. The van der Waals surface area contributed by atoms with Gasteiger partial charge in [-0.25, -0.2) is 0 Å². The van der Waals surface area contributed by atoms with Crippen LogP contribution < -0.4 is 4.90 Å². The first-order valence-electron chi connectivity index (χ1n) is 8.16. The lowest BCUT2D eigenvalue weighted by Crippen LogP contribution is -2.46. The van der Waals surface area contributed by atoms with Crippen LogP contribution in [0.25, 0.3) is 0 Å². The highest BCUT2D eigenvalue weighted by Gasteiger charge is 2.30. The number of carbonyl (C=O) groups is 1. The van der Waals surface area contributed by atoms with Gasteiger partial charge in [0.1, 0.15) is 11.6 Å². The number of ketones is 1. The van der Waals surface area contributed by atoms with E-state index in [1.54, 1.807) is 0 Å². The molecule has 1 aliphatic rings. The average Bonchev–Trinajstić information content (AvgIpc) is 2.59. The van der Waals surface area contributed by atoms with E-state index in [1.807, 2.05) is 45.2 Å². The molecule has 1 heterocycles. The van der Waals surface area contributed by atoms with Crippen LogP contribution in [-0.2, 0) is 4.79 Å². The van der Waals surface area contributed by atoms with Crippen LogP contribution in [0, 0.1) is 16.7 Å². The molecular weight excluding hydrogens is 318 g/mol. The summed E-state index contributed by atoms with van der Waals surface area (Å²) in [6.07, 6.45) is 1.94. The van der Waals surface area contributed by atoms with Gasteiger partial charge in [-0.3, -0.25) is 4.79 Å². The number of hydrogen-bond donors (Lipinski definition) is 0. The quantitative estimate of drug-likeness (QED) is 0.618. The standard InChI is InChI=1S/C19H25N3OS/c1-19(2,3)17(23)16(14-20)18(24-4)22-12-10-21(11-13-22)15-8-6-5-7-9-15/h5-9H,10-13H2,1-4H3. The molecule has 1 saturated heterocycles. The number of rotatable bonds is 4. The van der Waals surface area contributed by atoms with Gasteiger partial charge in [-0.1, -0.05) is 39.0 Å². The number of para-hydroxylation sites is 1. The van der Waals surface area contributed by atoms with Crippen LogP contribution in [0.3, 0.4) is 0 Å². The van der Waals surface area contributed by atoms with Crippen LogP contribution in [0.15, 0.2) is 40.9 Å². The molecule has 4 nitrogen and oxygen atoms in total. The molecule has 2 rings (SSSR count). The average molecular weight is 343 g/mol. The minimum Gasteiger partial charge on any atom is -0.368 e. The van der Waals surface area contributed by atoms with Gasteiger partial charge in [0.05, 0.1) is 5.03 Å². The summed E-state index contributed by atoms with van der Waals surface area (Å²) >= 11 is 1.49. The highest BCUT2D eigenvalue weighted by molar-refractivity contribution is 8.02. The Kier molecular flexibility index (Phi) is 5.95. The number of carbonyl (C=O) groups excluding carboxylic acids is 1. The van der Waals surface area contributed by atoms with Crippen molar-refractivity contribution in [3.05, 3.63) is 40.9 Å². The normalized spacial score (nSPS) is 16.5. The van der Waals surface area contributed by atoms with Gasteiger partial charge in [-0.15, -0.1) is 11.8 Å². The zero-order chi connectivity index (χ0) is 17.7. The van der Waals surface area contributed by atoms with E-state index in [0.29, 0.717) is 5.57 Å². The first-order valence-corrected chi connectivity index (χ1v) is 9.39. The predicted octanol–water partition coefficient (Wildman–Crippen LogP) is 3.52. The largest absolute Gasteiger partial charge is 0.368 e. The molecule has 128 valence electrons. The van der Waals surface area contributed by atoms with Crippen molar-refractivity contribution in [2.45, 2.75) is 20.8 Å². The number of piperazine rings is 1. The third-order valence-electron chi connectivity index (χ3n) is 4.12. The lowest BCUT2D eigenvalue weighted by atomic mass is 9.87. The maximum atomic E-state index is 12.6. The van der Waals surface area contributed by atoms with Crippen LogP contribution in [0.2, 0.25) is 0 Å². The molecule has 0 atom stereocenters. The number of benzene rings is 1. The van der Waals surface area contributed by atoms with E-state index >= 15 is 0 Å². The number of hydrogen-bond acceptors (Lipinski definition) is 5. The van der Waals surface area contributed by atoms with Gasteiger partial charge < -0.3 is 9.80 Å². The number of nitrogens with zero attached hydrogens (tertiary/aromatic N) is 3. The van der Waals surface area contributed by atoms with Gasteiger partial charge in [-0.05, 0) is 18.4 Å². The maximum Gasteiger partial charge on any atom is 0.181 e. The fraction of sp³-hybridized carbons (Fsp3) is 0.474. The molecule has 0 aliphatic carbocycles. The minimum absolute atomic E-state index is 0.0835. The van der Waals surface area contributed by atoms with Crippen molar-refractivity contribution in [1.29, 1.82) is 5.26 Å². The zero-order valence-electron chi connectivity index (χ0n) is 14.9. The third kappa shape index (κ3) is 4.12. The summed E-state index contributed by atoms with van der Waals surface area (Å²) in [6.45, 7) is 8.97. The second kappa shape index (κ2) is 7.76. The number of nitriles is 1. The molecule has 5 heteroatoms. The van der Waals surface area contributed by atoms with Gasteiger partial charge in [-0.2, -0.15) is 5.26 Å². The molecule has 1 aromatic rings. The monoisotopic (exact) mass is 343 g/mol. The second-order valence-corrected chi connectivity index (χ2v) is 7.68. The zero-order valence-corrected chi connectivity index (χ0v) is 15.7. The Bertz CT molecular complexity index is 647. The Hall–Kier alpha value is -1.93. The van der Waals surface area contributed by atoms with Crippen LogP contribution >= 0.6 is 11.8 Å². The van der Waals surface area contributed by atoms with E-state index in [-0.39, 0.29) is 5.78 Å². The van der Waals surface area contributed by atoms with E-state index in [0.717, 1.165) is 31.2 Å². The molecule has 0 radical (unpaired) electrons. The Morgan fingerprint density at radius 3 is 2.17 bits per heavy atom. The molecule has 0 amide bonds. The molecule has 0 spiro atoms. The molecule has 0 aromatic heterocycles. The molecule has 0 unspecified atom stereocenters. The van der Waals surface area contributed by atoms with E-state index in [1.165, 1.54) is 17.4 Å². The highest BCUT2D eigenvalue weighted by Crippen LogP contribution is 2.29. The smallest absolute Gasteiger partial charge is 0.181 e. The van der Waals surface area contributed by atoms with Gasteiger partial charge >= 0.3 is 0 Å². The minimum atomic E-state index is -0.544. The summed E-state index contributed by atoms with van der Waals surface area (Å²) in [5.41, 5.74) is 0.971. The van der Waals surface area contributed by atoms with E-state index in [2.05, 4.69) is 28.0 Å². The predicted molar refractivity (Wildman–Crippen MR) is 101 cm³/mol. The Morgan fingerprint density at radius 2 is 1.71 bits per heavy atom. The molecule has 1 aliphatic heterocycles. The molecule has 0 bridgehead atoms. The van der Waals surface area contributed by atoms with Gasteiger partial charge in [0.15, 0.2) is 5.78 Å². The van der Waals surface area contributed by atoms with E-state index < -0.39 is 5.41 Å². The van der Waals surface area contributed by atoms with Crippen LogP contribution in [0.5, 0.6) is 0 Å². The highest BCUT2D eigenvalue weighted by atomic mass is 32.2. The van der Waals surface area contributed by atoms with E-state index in [9.17, 15) is 10.1 Å². The van der Waals surface area contributed by atoms with Gasteiger partial charge in [0.2, 0.25) is 0 Å². The van der Waals surface area contributed by atoms with Crippen molar-refractivity contribution in [3.63, 3.8) is 0 Å². The Balaban J connectivity index is 2.17. The molecule has 0 saturated carbocycles. The number of Topliss-reactive ketones (excluding diaryl/α,β-unsaturated/α-hetero) is 1. The van der Waals surface area contributed by atoms with Crippen LogP contribution in [0.4, 0.5) is 5.69 Å². The van der Waals surface area contributed by atoms with Gasteiger partial charge in [0.25, 0.3) is 0 Å². The number of anilines is 1. The van der Waals surface area contributed by atoms with Crippen molar-refractivity contribution in [2.24, 2.45) is 5.41 Å². The fourth-order valence-corrected chi connectivity index (χ4v) is 3.55. The topological polar surface area (TPSA) is 47.3 Å². The first kappa shape index (κ1) is 18.4. The summed E-state index contributed by atoms with van der Waals surface area (Å²) < 4.78 is 0. The van der Waals surface area contributed by atoms with Crippen molar-refractivity contribution in [2.75, 3.05) is 37.3 Å².